The molecular formula is C12H22N2O. The van der Waals surface area contributed by atoms with E-state index in [-0.39, 0.29) is 6.04 Å². The largest absolute Gasteiger partial charge is 0.341 e. The van der Waals surface area contributed by atoms with E-state index in [4.69, 9.17) is 5.73 Å². The lowest BCUT2D eigenvalue weighted by molar-refractivity contribution is -0.137. The van der Waals surface area contributed by atoms with Gasteiger partial charge in [-0.25, -0.2) is 0 Å². The maximum absolute atomic E-state index is 12.2. The average molecular weight is 210 g/mol. The molecule has 0 radical (unpaired) electrons. The van der Waals surface area contributed by atoms with Gasteiger partial charge in [-0.2, -0.15) is 0 Å². The molecule has 0 aromatic heterocycles. The molecule has 3 nitrogen and oxygen atoms in total. The third kappa shape index (κ3) is 2.71. The number of carbonyl (C=O) groups is 1. The molecule has 86 valence electrons. The highest BCUT2D eigenvalue weighted by molar-refractivity contribution is 5.79. The summed E-state index contributed by atoms with van der Waals surface area (Å²) in [5.74, 6) is 0.689. The summed E-state index contributed by atoms with van der Waals surface area (Å²) in [5, 5.41) is 0. The van der Waals surface area contributed by atoms with E-state index in [0.717, 1.165) is 38.8 Å². The number of nitrogens with two attached hydrogens (primary N) is 1. The van der Waals surface area contributed by atoms with Gasteiger partial charge < -0.3 is 10.6 Å². The van der Waals surface area contributed by atoms with E-state index in [0.29, 0.717) is 11.8 Å². The van der Waals surface area contributed by atoms with Crippen molar-refractivity contribution in [3.05, 3.63) is 0 Å². The summed E-state index contributed by atoms with van der Waals surface area (Å²) >= 11 is 0. The number of piperidine rings is 1. The van der Waals surface area contributed by atoms with Gasteiger partial charge in [0.1, 0.15) is 0 Å². The van der Waals surface area contributed by atoms with Crippen molar-refractivity contribution >= 4 is 5.91 Å². The topological polar surface area (TPSA) is 46.3 Å². The molecule has 2 aliphatic rings. The molecule has 15 heavy (non-hydrogen) atoms. The third-order valence-electron chi connectivity index (χ3n) is 3.72. The van der Waals surface area contributed by atoms with Crippen molar-refractivity contribution in [2.24, 2.45) is 11.7 Å². The van der Waals surface area contributed by atoms with Crippen LogP contribution in [-0.2, 0) is 4.79 Å². The highest BCUT2D eigenvalue weighted by Crippen LogP contribution is 2.26. The first-order valence-corrected chi connectivity index (χ1v) is 6.32. The number of amides is 1. The van der Waals surface area contributed by atoms with E-state index >= 15 is 0 Å². The normalized spacial score (nSPS) is 29.1. The second-order valence-electron chi connectivity index (χ2n) is 5.02. The first-order chi connectivity index (χ1) is 7.27. The molecule has 0 spiro atoms. The highest BCUT2D eigenvalue weighted by atomic mass is 16.2. The van der Waals surface area contributed by atoms with Gasteiger partial charge in [-0.05, 0) is 25.7 Å². The fraction of sp³-hybridized carbons (Fsp3) is 0.917. The zero-order chi connectivity index (χ0) is 10.7. The van der Waals surface area contributed by atoms with E-state index in [1.54, 1.807) is 0 Å². The monoisotopic (exact) mass is 210 g/mol. The van der Waals surface area contributed by atoms with Crippen LogP contribution in [-0.4, -0.2) is 29.9 Å². The molecule has 1 saturated carbocycles. The zero-order valence-corrected chi connectivity index (χ0v) is 9.45. The van der Waals surface area contributed by atoms with Crippen LogP contribution in [0, 0.1) is 5.92 Å². The van der Waals surface area contributed by atoms with Gasteiger partial charge in [0.2, 0.25) is 5.91 Å². The Morgan fingerprint density at radius 3 is 2.47 bits per heavy atom. The molecule has 1 atom stereocenters. The van der Waals surface area contributed by atoms with Gasteiger partial charge in [-0.15, -0.1) is 0 Å². The van der Waals surface area contributed by atoms with Crippen LogP contribution in [0.2, 0.25) is 0 Å². The zero-order valence-electron chi connectivity index (χ0n) is 9.45. The fourth-order valence-electron chi connectivity index (χ4n) is 2.82. The summed E-state index contributed by atoms with van der Waals surface area (Å²) in [5.41, 5.74) is 5.90. The Morgan fingerprint density at radius 2 is 1.80 bits per heavy atom. The SMILES string of the molecule is N[C@@H]1CCCN(C(=O)C2CCCCC2)C1. The predicted octanol–water partition coefficient (Wildman–Crippen LogP) is 1.52. The van der Waals surface area contributed by atoms with E-state index in [9.17, 15) is 4.79 Å². The Hall–Kier alpha value is -0.570. The molecule has 1 amide bonds. The van der Waals surface area contributed by atoms with Crippen molar-refractivity contribution in [1.29, 1.82) is 0 Å². The first-order valence-electron chi connectivity index (χ1n) is 6.32. The Labute approximate surface area is 92.0 Å². The Bertz CT molecular complexity index is 224. The van der Waals surface area contributed by atoms with E-state index in [1.807, 2.05) is 4.90 Å². The molecule has 1 saturated heterocycles. The number of rotatable bonds is 1. The van der Waals surface area contributed by atoms with Crippen LogP contribution in [0.25, 0.3) is 0 Å². The second kappa shape index (κ2) is 4.97. The summed E-state index contributed by atoms with van der Waals surface area (Å²) < 4.78 is 0. The van der Waals surface area contributed by atoms with Crippen LogP contribution in [0.3, 0.4) is 0 Å². The summed E-state index contributed by atoms with van der Waals surface area (Å²) in [6.45, 7) is 1.72. The van der Waals surface area contributed by atoms with Gasteiger partial charge in [0, 0.05) is 25.0 Å². The van der Waals surface area contributed by atoms with Crippen LogP contribution in [0.15, 0.2) is 0 Å². The van der Waals surface area contributed by atoms with Crippen LogP contribution < -0.4 is 5.73 Å². The molecule has 1 heterocycles. The lowest BCUT2D eigenvalue weighted by atomic mass is 9.87. The number of hydrogen-bond donors (Lipinski definition) is 1. The molecule has 2 N–H and O–H groups in total. The molecule has 0 unspecified atom stereocenters. The van der Waals surface area contributed by atoms with Crippen LogP contribution >= 0.6 is 0 Å². The van der Waals surface area contributed by atoms with Gasteiger partial charge in [0.05, 0.1) is 0 Å². The first kappa shape index (κ1) is 10.9. The lowest BCUT2D eigenvalue weighted by Gasteiger charge is -2.34. The summed E-state index contributed by atoms with van der Waals surface area (Å²) in [4.78, 5) is 14.2. The van der Waals surface area contributed by atoms with E-state index in [2.05, 4.69) is 0 Å². The predicted molar refractivity (Wildman–Crippen MR) is 60.4 cm³/mol. The molecule has 0 aromatic carbocycles. The van der Waals surface area contributed by atoms with Crippen molar-refractivity contribution in [3.63, 3.8) is 0 Å². The van der Waals surface area contributed by atoms with Crippen molar-refractivity contribution in [1.82, 2.24) is 4.90 Å². The van der Waals surface area contributed by atoms with Crippen molar-refractivity contribution in [2.45, 2.75) is 51.0 Å². The van der Waals surface area contributed by atoms with E-state index < -0.39 is 0 Å². The molecule has 1 aliphatic carbocycles. The molecule has 3 heteroatoms. The van der Waals surface area contributed by atoms with E-state index in [1.165, 1.54) is 19.3 Å². The van der Waals surface area contributed by atoms with Gasteiger partial charge in [0.25, 0.3) is 0 Å². The molecule has 1 aliphatic heterocycles. The standard InChI is InChI=1S/C12H22N2O/c13-11-7-4-8-14(9-11)12(15)10-5-2-1-3-6-10/h10-11H,1-9,13H2/t11-/m1/s1. The number of likely N-dealkylation sites (tertiary alicyclic amines) is 1. The minimum absolute atomic E-state index is 0.214. The van der Waals surface area contributed by atoms with Gasteiger partial charge >= 0.3 is 0 Å². The number of carbonyl (C=O) groups excluding carboxylic acids is 1. The Morgan fingerprint density at radius 1 is 1.07 bits per heavy atom. The minimum Gasteiger partial charge on any atom is -0.341 e. The maximum atomic E-state index is 12.2. The third-order valence-corrected chi connectivity index (χ3v) is 3.72. The Kier molecular flexibility index (Phi) is 3.62. The molecular weight excluding hydrogens is 188 g/mol. The number of nitrogens with zero attached hydrogens (tertiary/aromatic N) is 1. The quantitative estimate of drug-likeness (QED) is 0.713. The van der Waals surface area contributed by atoms with Crippen molar-refractivity contribution in [2.75, 3.05) is 13.1 Å². The van der Waals surface area contributed by atoms with Crippen molar-refractivity contribution in [3.8, 4) is 0 Å². The Balaban J connectivity index is 1.88. The number of hydrogen-bond acceptors (Lipinski definition) is 2. The van der Waals surface area contributed by atoms with Gasteiger partial charge in [-0.3, -0.25) is 4.79 Å². The summed E-state index contributed by atoms with van der Waals surface area (Å²) in [7, 11) is 0. The maximum Gasteiger partial charge on any atom is 0.225 e. The summed E-state index contributed by atoms with van der Waals surface area (Å²) in [6, 6.07) is 0.214. The molecule has 2 fully saturated rings. The molecule has 0 bridgehead atoms. The smallest absolute Gasteiger partial charge is 0.225 e. The fourth-order valence-corrected chi connectivity index (χ4v) is 2.82. The summed E-state index contributed by atoms with van der Waals surface area (Å²) in [6.07, 6.45) is 8.14. The highest BCUT2D eigenvalue weighted by Gasteiger charge is 2.28. The van der Waals surface area contributed by atoms with Gasteiger partial charge in [0.15, 0.2) is 0 Å². The lowest BCUT2D eigenvalue weighted by Crippen LogP contribution is -2.48. The van der Waals surface area contributed by atoms with Gasteiger partial charge in [-0.1, -0.05) is 19.3 Å². The molecule has 2 rings (SSSR count). The van der Waals surface area contributed by atoms with Crippen LogP contribution in [0.4, 0.5) is 0 Å². The second-order valence-corrected chi connectivity index (χ2v) is 5.02. The molecule has 0 aromatic rings. The minimum atomic E-state index is 0.214. The van der Waals surface area contributed by atoms with Crippen LogP contribution in [0.5, 0.6) is 0 Å². The average Bonchev–Trinajstić information content (AvgIpc) is 2.29. The van der Waals surface area contributed by atoms with Crippen molar-refractivity contribution < 1.29 is 4.79 Å². The van der Waals surface area contributed by atoms with Crippen LogP contribution in [0.1, 0.15) is 44.9 Å².